The number of oxazole rings is 1. The summed E-state index contributed by atoms with van der Waals surface area (Å²) in [6, 6.07) is 7.63. The second kappa shape index (κ2) is 9.94. The van der Waals surface area contributed by atoms with Crippen LogP contribution in [0, 0.1) is 13.8 Å². The number of carboxylic acid groups (broad SMARTS) is 1. The fourth-order valence-corrected chi connectivity index (χ4v) is 2.53. The molecule has 0 fully saturated rings. The van der Waals surface area contributed by atoms with Gasteiger partial charge in [-0.3, -0.25) is 4.79 Å². The molecule has 1 aromatic carbocycles. The van der Waals surface area contributed by atoms with E-state index in [9.17, 15) is 4.79 Å². The van der Waals surface area contributed by atoms with Crippen molar-refractivity contribution in [3.8, 4) is 5.75 Å². The lowest BCUT2D eigenvalue weighted by Crippen LogP contribution is -1.99. The van der Waals surface area contributed by atoms with Crippen LogP contribution in [-0.4, -0.2) is 21.8 Å². The topological polar surface area (TPSA) is 72.6 Å². The predicted octanol–water partition coefficient (Wildman–Crippen LogP) is 4.21. The highest BCUT2D eigenvalue weighted by molar-refractivity contribution is 7.99. The molecular formula is C17H23NO4S. The minimum Gasteiger partial charge on any atom is -0.487 e. The molecular weight excluding hydrogens is 314 g/mol. The largest absolute Gasteiger partial charge is 0.487 e. The molecule has 23 heavy (non-hydrogen) atoms. The van der Waals surface area contributed by atoms with Gasteiger partial charge in [-0.25, -0.2) is 4.98 Å². The monoisotopic (exact) mass is 337 g/mol. The van der Waals surface area contributed by atoms with Gasteiger partial charge in [0.15, 0.2) is 5.89 Å². The second-order valence-electron chi connectivity index (χ2n) is 4.56. The van der Waals surface area contributed by atoms with Crippen LogP contribution in [-0.2, 0) is 17.2 Å². The predicted molar refractivity (Wildman–Crippen MR) is 91.9 cm³/mol. The number of nitrogens with zero attached hydrogens (tertiary/aromatic N) is 1. The third-order valence-electron chi connectivity index (χ3n) is 2.77. The van der Waals surface area contributed by atoms with E-state index < -0.39 is 5.97 Å². The number of carboxylic acids is 1. The van der Waals surface area contributed by atoms with Crippen molar-refractivity contribution < 1.29 is 19.1 Å². The Bertz CT molecular complexity index is 625. The highest BCUT2D eigenvalue weighted by atomic mass is 32.2. The van der Waals surface area contributed by atoms with Crippen LogP contribution in [0.3, 0.4) is 0 Å². The number of aromatic nitrogens is 1. The first-order valence-electron chi connectivity index (χ1n) is 7.49. The summed E-state index contributed by atoms with van der Waals surface area (Å²) in [5.74, 6) is 2.08. The van der Waals surface area contributed by atoms with Crippen LogP contribution in [0.4, 0.5) is 0 Å². The van der Waals surface area contributed by atoms with Gasteiger partial charge in [-0.15, -0.1) is 11.8 Å². The van der Waals surface area contributed by atoms with Gasteiger partial charge in [-0.2, -0.15) is 0 Å². The molecule has 0 atom stereocenters. The van der Waals surface area contributed by atoms with Crippen LogP contribution in [0.15, 0.2) is 28.7 Å². The number of aryl methyl sites for hydroxylation is 2. The SMILES string of the molecule is CC.Cc1nc(COc2cccc(CSCC(=O)O)c2)c(C)o1. The minimum absolute atomic E-state index is 0.0997. The summed E-state index contributed by atoms with van der Waals surface area (Å²) in [6.07, 6.45) is 0. The van der Waals surface area contributed by atoms with Crippen LogP contribution in [0.2, 0.25) is 0 Å². The summed E-state index contributed by atoms with van der Waals surface area (Å²) < 4.78 is 11.1. The summed E-state index contributed by atoms with van der Waals surface area (Å²) >= 11 is 1.36. The van der Waals surface area contributed by atoms with E-state index in [2.05, 4.69) is 4.98 Å². The molecule has 5 nitrogen and oxygen atoms in total. The van der Waals surface area contributed by atoms with Crippen LogP contribution < -0.4 is 4.74 Å². The Balaban J connectivity index is 0.00000127. The molecule has 0 aliphatic heterocycles. The zero-order chi connectivity index (χ0) is 17.2. The van der Waals surface area contributed by atoms with Crippen LogP contribution in [0.5, 0.6) is 5.75 Å². The Kier molecular flexibility index (Phi) is 8.26. The van der Waals surface area contributed by atoms with E-state index in [1.807, 2.05) is 45.0 Å². The zero-order valence-electron chi connectivity index (χ0n) is 14.0. The molecule has 0 radical (unpaired) electrons. The molecule has 1 aromatic heterocycles. The van der Waals surface area contributed by atoms with Crippen molar-refractivity contribution in [2.75, 3.05) is 5.75 Å². The molecule has 0 aliphatic carbocycles. The fourth-order valence-electron chi connectivity index (χ4n) is 1.84. The molecule has 0 bridgehead atoms. The first-order valence-corrected chi connectivity index (χ1v) is 8.64. The Morgan fingerprint density at radius 1 is 1.35 bits per heavy atom. The van der Waals surface area contributed by atoms with Gasteiger partial charge in [0.25, 0.3) is 0 Å². The van der Waals surface area contributed by atoms with Crippen molar-refractivity contribution in [3.05, 3.63) is 47.2 Å². The number of thioether (sulfide) groups is 1. The van der Waals surface area contributed by atoms with Gasteiger partial charge in [0, 0.05) is 12.7 Å². The maximum Gasteiger partial charge on any atom is 0.313 e. The summed E-state index contributed by atoms with van der Waals surface area (Å²) in [5.41, 5.74) is 1.82. The number of benzene rings is 1. The highest BCUT2D eigenvalue weighted by Gasteiger charge is 2.07. The fraction of sp³-hybridized carbons (Fsp3) is 0.412. The molecule has 0 spiro atoms. The van der Waals surface area contributed by atoms with Crippen molar-refractivity contribution in [3.63, 3.8) is 0 Å². The third-order valence-corrected chi connectivity index (χ3v) is 3.76. The van der Waals surface area contributed by atoms with Crippen molar-refractivity contribution in [1.29, 1.82) is 0 Å². The molecule has 0 aliphatic rings. The quantitative estimate of drug-likeness (QED) is 0.816. The molecule has 1 heterocycles. The van der Waals surface area contributed by atoms with Crippen molar-refractivity contribution in [1.82, 2.24) is 4.98 Å². The number of ether oxygens (including phenoxy) is 1. The summed E-state index contributed by atoms with van der Waals surface area (Å²) in [6.45, 7) is 8.02. The van der Waals surface area contributed by atoms with E-state index in [0.717, 1.165) is 22.8 Å². The van der Waals surface area contributed by atoms with E-state index in [4.69, 9.17) is 14.3 Å². The van der Waals surface area contributed by atoms with E-state index in [1.165, 1.54) is 11.8 Å². The molecule has 2 aromatic rings. The van der Waals surface area contributed by atoms with E-state index in [-0.39, 0.29) is 5.75 Å². The van der Waals surface area contributed by atoms with Crippen molar-refractivity contribution >= 4 is 17.7 Å². The average molecular weight is 337 g/mol. The van der Waals surface area contributed by atoms with Gasteiger partial charge in [-0.1, -0.05) is 26.0 Å². The van der Waals surface area contributed by atoms with E-state index >= 15 is 0 Å². The first-order chi connectivity index (χ1) is 11.0. The lowest BCUT2D eigenvalue weighted by atomic mass is 10.2. The molecule has 0 saturated heterocycles. The number of carbonyl (C=O) groups is 1. The number of hydrogen-bond donors (Lipinski definition) is 1. The Labute approximate surface area is 141 Å². The van der Waals surface area contributed by atoms with Gasteiger partial charge < -0.3 is 14.3 Å². The third kappa shape index (κ3) is 6.78. The van der Waals surface area contributed by atoms with Gasteiger partial charge in [0.1, 0.15) is 23.8 Å². The van der Waals surface area contributed by atoms with E-state index in [0.29, 0.717) is 18.3 Å². The van der Waals surface area contributed by atoms with Crippen LogP contribution in [0.1, 0.15) is 36.8 Å². The smallest absolute Gasteiger partial charge is 0.313 e. The number of rotatable bonds is 7. The zero-order valence-corrected chi connectivity index (χ0v) is 14.8. The number of aliphatic carboxylic acids is 1. The lowest BCUT2D eigenvalue weighted by Gasteiger charge is -2.06. The van der Waals surface area contributed by atoms with Gasteiger partial charge in [-0.05, 0) is 24.6 Å². The van der Waals surface area contributed by atoms with Crippen molar-refractivity contribution in [2.24, 2.45) is 0 Å². The van der Waals surface area contributed by atoms with Gasteiger partial charge in [0.2, 0.25) is 0 Å². The molecule has 0 unspecified atom stereocenters. The normalized spacial score (nSPS) is 9.91. The average Bonchev–Trinajstić information content (AvgIpc) is 2.85. The molecule has 6 heteroatoms. The summed E-state index contributed by atoms with van der Waals surface area (Å²) in [4.78, 5) is 14.7. The summed E-state index contributed by atoms with van der Waals surface area (Å²) in [5, 5.41) is 8.62. The summed E-state index contributed by atoms with van der Waals surface area (Å²) in [7, 11) is 0. The van der Waals surface area contributed by atoms with Gasteiger partial charge in [0.05, 0.1) is 5.75 Å². The molecule has 0 saturated carbocycles. The van der Waals surface area contributed by atoms with E-state index in [1.54, 1.807) is 6.92 Å². The number of hydrogen-bond acceptors (Lipinski definition) is 5. The van der Waals surface area contributed by atoms with Gasteiger partial charge >= 0.3 is 5.97 Å². The molecule has 126 valence electrons. The first kappa shape index (κ1) is 19.1. The minimum atomic E-state index is -0.802. The molecule has 1 N–H and O–H groups in total. The van der Waals surface area contributed by atoms with Crippen LogP contribution in [0.25, 0.3) is 0 Å². The highest BCUT2D eigenvalue weighted by Crippen LogP contribution is 2.20. The van der Waals surface area contributed by atoms with Crippen molar-refractivity contribution in [2.45, 2.75) is 40.1 Å². The Morgan fingerprint density at radius 3 is 2.70 bits per heavy atom. The Morgan fingerprint density at radius 2 is 2.09 bits per heavy atom. The standard InChI is InChI=1S/C15H17NO4S.C2H6/c1-10-14(16-11(2)20-10)7-19-13-5-3-4-12(6-13)8-21-9-15(17)18;1-2/h3-6H,7-9H2,1-2H3,(H,17,18);1-2H3. The second-order valence-corrected chi connectivity index (χ2v) is 5.54. The maximum absolute atomic E-state index is 10.5. The lowest BCUT2D eigenvalue weighted by molar-refractivity contribution is -0.133. The van der Waals surface area contributed by atoms with Crippen LogP contribution >= 0.6 is 11.8 Å². The Hall–Kier alpha value is -1.95. The molecule has 2 rings (SSSR count). The maximum atomic E-state index is 10.5. The molecule has 0 amide bonds.